The van der Waals surface area contributed by atoms with Gasteiger partial charge >= 0.3 is 0 Å². The van der Waals surface area contributed by atoms with Gasteiger partial charge < -0.3 is 11.1 Å². The number of hydrogen-bond donors (Lipinski definition) is 2. The highest BCUT2D eigenvalue weighted by molar-refractivity contribution is 6.49. The molecular weight excluding hydrogens is 319 g/mol. The molecule has 1 aromatic carbocycles. The number of rotatable bonds is 3. The van der Waals surface area contributed by atoms with Crippen LogP contribution in [0.1, 0.15) is 13.8 Å². The molecule has 0 amide bonds. The van der Waals surface area contributed by atoms with E-state index in [1.807, 2.05) is 13.8 Å². The molecule has 0 aliphatic carbocycles. The van der Waals surface area contributed by atoms with Crippen LogP contribution >= 0.6 is 34.8 Å². The number of nitrogen functional groups attached to an aromatic ring is 1. The molecule has 0 saturated heterocycles. The predicted octanol–water partition coefficient (Wildman–Crippen LogP) is 4.51. The number of halogens is 3. The second kappa shape index (κ2) is 6.04. The molecule has 0 saturated carbocycles. The van der Waals surface area contributed by atoms with Crippen molar-refractivity contribution < 1.29 is 0 Å². The van der Waals surface area contributed by atoms with Crippen LogP contribution in [0.5, 0.6) is 0 Å². The highest BCUT2D eigenvalue weighted by Gasteiger charge is 2.21. The van der Waals surface area contributed by atoms with Gasteiger partial charge in [0.05, 0.1) is 32.1 Å². The van der Waals surface area contributed by atoms with Gasteiger partial charge in [-0.3, -0.25) is 0 Å². The summed E-state index contributed by atoms with van der Waals surface area (Å²) < 4.78 is 0. The molecule has 7 heteroatoms. The second-order valence-electron chi connectivity index (χ2n) is 4.50. The number of nitrogens with two attached hydrogens (primary N) is 1. The fourth-order valence-electron chi connectivity index (χ4n) is 1.78. The molecule has 20 heavy (non-hydrogen) atoms. The van der Waals surface area contributed by atoms with Gasteiger partial charge in [0.15, 0.2) is 0 Å². The van der Waals surface area contributed by atoms with Gasteiger partial charge in [0, 0.05) is 17.8 Å². The van der Waals surface area contributed by atoms with Crippen LogP contribution in [0.25, 0.3) is 11.3 Å². The first kappa shape index (κ1) is 15.2. The Bertz CT molecular complexity index is 600. The molecule has 0 spiro atoms. The summed E-state index contributed by atoms with van der Waals surface area (Å²) in [6.07, 6.45) is 3.01. The third-order valence-corrected chi connectivity index (χ3v) is 3.87. The number of anilines is 2. The molecule has 1 heterocycles. The number of hydrogen-bond acceptors (Lipinski definition) is 4. The van der Waals surface area contributed by atoms with Crippen molar-refractivity contribution in [2.24, 2.45) is 0 Å². The third-order valence-electron chi connectivity index (χ3n) is 2.63. The van der Waals surface area contributed by atoms with Gasteiger partial charge in [0.2, 0.25) is 0 Å². The largest absolute Gasteiger partial charge is 0.397 e. The molecule has 3 N–H and O–H groups in total. The van der Waals surface area contributed by atoms with Crippen LogP contribution in [-0.2, 0) is 0 Å². The van der Waals surface area contributed by atoms with Crippen molar-refractivity contribution in [1.29, 1.82) is 0 Å². The first-order chi connectivity index (χ1) is 9.43. The van der Waals surface area contributed by atoms with Gasteiger partial charge in [-0.2, -0.15) is 0 Å². The van der Waals surface area contributed by atoms with Crippen LogP contribution in [0, 0.1) is 0 Å². The second-order valence-corrected chi connectivity index (χ2v) is 5.63. The van der Waals surface area contributed by atoms with E-state index in [2.05, 4.69) is 15.3 Å². The molecule has 4 nitrogen and oxygen atoms in total. The van der Waals surface area contributed by atoms with Gasteiger partial charge in [-0.1, -0.05) is 34.8 Å². The van der Waals surface area contributed by atoms with E-state index in [4.69, 9.17) is 40.5 Å². The van der Waals surface area contributed by atoms with Crippen LogP contribution in [0.3, 0.4) is 0 Å². The summed E-state index contributed by atoms with van der Waals surface area (Å²) in [6.45, 7) is 3.93. The SMILES string of the molecule is CC(C)Nc1c(Cl)c(N)c(-c2ccncn2)c(Cl)c1Cl. The van der Waals surface area contributed by atoms with E-state index in [0.29, 0.717) is 37.7 Å². The Labute approximate surface area is 132 Å². The summed E-state index contributed by atoms with van der Waals surface area (Å²) >= 11 is 18.9. The Morgan fingerprint density at radius 3 is 2.40 bits per heavy atom. The number of nitrogens with one attached hydrogen (secondary N) is 1. The van der Waals surface area contributed by atoms with Crippen molar-refractivity contribution in [3.63, 3.8) is 0 Å². The fourth-order valence-corrected chi connectivity index (χ4v) is 2.61. The maximum atomic E-state index is 6.32. The fraction of sp³-hybridized carbons (Fsp3) is 0.231. The molecule has 2 aromatic rings. The van der Waals surface area contributed by atoms with Crippen molar-refractivity contribution in [2.75, 3.05) is 11.1 Å². The number of benzene rings is 1. The average molecular weight is 332 g/mol. The van der Waals surface area contributed by atoms with Crippen LogP contribution in [-0.4, -0.2) is 16.0 Å². The van der Waals surface area contributed by atoms with Gasteiger partial charge in [0.1, 0.15) is 6.33 Å². The van der Waals surface area contributed by atoms with Crippen LogP contribution in [0.4, 0.5) is 11.4 Å². The Hall–Kier alpha value is -1.23. The number of aromatic nitrogens is 2. The Morgan fingerprint density at radius 2 is 1.85 bits per heavy atom. The zero-order chi connectivity index (χ0) is 14.9. The quantitative estimate of drug-likeness (QED) is 0.642. The minimum atomic E-state index is 0.144. The van der Waals surface area contributed by atoms with E-state index in [0.717, 1.165) is 0 Å². The normalized spacial score (nSPS) is 10.9. The maximum absolute atomic E-state index is 6.32. The lowest BCUT2D eigenvalue weighted by Gasteiger charge is -2.19. The van der Waals surface area contributed by atoms with Gasteiger partial charge in [-0.05, 0) is 19.9 Å². The van der Waals surface area contributed by atoms with Crippen molar-refractivity contribution in [1.82, 2.24) is 9.97 Å². The third kappa shape index (κ3) is 2.77. The zero-order valence-corrected chi connectivity index (χ0v) is 13.2. The summed E-state index contributed by atoms with van der Waals surface area (Å²) in [5.74, 6) is 0. The lowest BCUT2D eigenvalue weighted by atomic mass is 10.1. The molecule has 0 aliphatic heterocycles. The summed E-state index contributed by atoms with van der Waals surface area (Å²) in [5, 5.41) is 4.12. The van der Waals surface area contributed by atoms with E-state index >= 15 is 0 Å². The van der Waals surface area contributed by atoms with Gasteiger partial charge in [-0.15, -0.1) is 0 Å². The van der Waals surface area contributed by atoms with E-state index in [1.165, 1.54) is 6.33 Å². The van der Waals surface area contributed by atoms with Gasteiger partial charge in [-0.25, -0.2) is 9.97 Å². The molecule has 0 aliphatic rings. The molecule has 0 unspecified atom stereocenters. The Balaban J connectivity index is 2.68. The van der Waals surface area contributed by atoms with Crippen molar-refractivity contribution in [3.8, 4) is 11.3 Å². The van der Waals surface area contributed by atoms with E-state index < -0.39 is 0 Å². The molecule has 0 radical (unpaired) electrons. The van der Waals surface area contributed by atoms with Crippen molar-refractivity contribution in [3.05, 3.63) is 33.7 Å². The molecule has 2 rings (SSSR count). The highest BCUT2D eigenvalue weighted by atomic mass is 35.5. The molecule has 0 bridgehead atoms. The van der Waals surface area contributed by atoms with E-state index in [1.54, 1.807) is 12.3 Å². The molecule has 106 valence electrons. The Kier molecular flexibility index (Phi) is 4.58. The smallest absolute Gasteiger partial charge is 0.116 e. The Morgan fingerprint density at radius 1 is 1.15 bits per heavy atom. The van der Waals surface area contributed by atoms with E-state index in [-0.39, 0.29) is 6.04 Å². The predicted molar refractivity (Wildman–Crippen MR) is 85.7 cm³/mol. The molecular formula is C13H13Cl3N4. The van der Waals surface area contributed by atoms with Crippen molar-refractivity contribution in [2.45, 2.75) is 19.9 Å². The topological polar surface area (TPSA) is 63.8 Å². The summed E-state index contributed by atoms with van der Waals surface area (Å²) in [4.78, 5) is 7.99. The monoisotopic (exact) mass is 330 g/mol. The standard InChI is InChI=1S/C13H13Cl3N4/c1-6(2)20-13-10(15)9(14)8(12(17)11(13)16)7-3-4-18-5-19-7/h3-6,20H,17H2,1-2H3. The summed E-state index contributed by atoms with van der Waals surface area (Å²) in [5.41, 5.74) is 8.04. The summed E-state index contributed by atoms with van der Waals surface area (Å²) in [6, 6.07) is 1.84. The highest BCUT2D eigenvalue weighted by Crippen LogP contribution is 2.47. The minimum absolute atomic E-state index is 0.144. The van der Waals surface area contributed by atoms with Gasteiger partial charge in [0.25, 0.3) is 0 Å². The average Bonchev–Trinajstić information content (AvgIpc) is 2.43. The maximum Gasteiger partial charge on any atom is 0.116 e. The van der Waals surface area contributed by atoms with Crippen LogP contribution in [0.15, 0.2) is 18.6 Å². The molecule has 0 fully saturated rings. The van der Waals surface area contributed by atoms with E-state index in [9.17, 15) is 0 Å². The van der Waals surface area contributed by atoms with Crippen molar-refractivity contribution >= 4 is 46.2 Å². The first-order valence-electron chi connectivity index (χ1n) is 5.92. The lowest BCUT2D eigenvalue weighted by Crippen LogP contribution is -2.12. The van der Waals surface area contributed by atoms with Crippen LogP contribution in [0.2, 0.25) is 15.1 Å². The molecule has 0 atom stereocenters. The first-order valence-corrected chi connectivity index (χ1v) is 7.05. The zero-order valence-electron chi connectivity index (χ0n) is 10.9. The minimum Gasteiger partial charge on any atom is -0.397 e. The lowest BCUT2D eigenvalue weighted by molar-refractivity contribution is 0.900. The summed E-state index contributed by atoms with van der Waals surface area (Å²) in [7, 11) is 0. The number of nitrogens with zero attached hydrogens (tertiary/aromatic N) is 2. The van der Waals surface area contributed by atoms with Crippen LogP contribution < -0.4 is 11.1 Å². The molecule has 1 aromatic heterocycles.